The van der Waals surface area contributed by atoms with Crippen LogP contribution < -0.4 is 5.32 Å². The zero-order chi connectivity index (χ0) is 22.0. The molecule has 1 aliphatic carbocycles. The number of rotatable bonds is 5. The Bertz CT molecular complexity index is 1080. The maximum absolute atomic E-state index is 12.9. The maximum Gasteiger partial charge on any atom is 0.433 e. The summed E-state index contributed by atoms with van der Waals surface area (Å²) in [6.07, 6.45) is 1.23. The van der Waals surface area contributed by atoms with E-state index in [1.807, 2.05) is 12.1 Å². The number of carboxylic acids is 1. The standard InChI is InChI=1S/C21H19F3N4O2S/c22-21(23,24)17-8-9-25-20(28-17)27-15-3-1-2-14(10-15)16-11-26-18(31-16)12-4-6-13(7-5-12)19(29)30/h1-3,8-13H,4-7H2,(H,29,30)(H,25,27,28)/t12-,13-. The molecule has 0 aliphatic heterocycles. The summed E-state index contributed by atoms with van der Waals surface area (Å²) in [5, 5.41) is 13.0. The predicted octanol–water partition coefficient (Wildman–Crippen LogP) is 5.72. The number of hydrogen-bond acceptors (Lipinski definition) is 6. The Balaban J connectivity index is 1.48. The molecule has 1 saturated carbocycles. The second-order valence-corrected chi connectivity index (χ2v) is 8.48. The zero-order valence-corrected chi connectivity index (χ0v) is 17.1. The normalized spacial score (nSPS) is 19.2. The van der Waals surface area contributed by atoms with Gasteiger partial charge in [0.15, 0.2) is 0 Å². The van der Waals surface area contributed by atoms with Crippen LogP contribution >= 0.6 is 11.3 Å². The van der Waals surface area contributed by atoms with Gasteiger partial charge in [-0.1, -0.05) is 12.1 Å². The van der Waals surface area contributed by atoms with E-state index >= 15 is 0 Å². The Morgan fingerprint density at radius 2 is 1.90 bits per heavy atom. The van der Waals surface area contributed by atoms with Gasteiger partial charge in [-0.2, -0.15) is 13.2 Å². The van der Waals surface area contributed by atoms with Crippen LogP contribution in [0.2, 0.25) is 0 Å². The van der Waals surface area contributed by atoms with Crippen molar-refractivity contribution in [1.82, 2.24) is 15.0 Å². The first-order valence-corrected chi connectivity index (χ1v) is 10.6. The topological polar surface area (TPSA) is 88.0 Å². The van der Waals surface area contributed by atoms with E-state index in [1.165, 1.54) is 0 Å². The van der Waals surface area contributed by atoms with E-state index in [4.69, 9.17) is 5.11 Å². The van der Waals surface area contributed by atoms with Crippen LogP contribution in [-0.4, -0.2) is 26.0 Å². The molecule has 0 amide bonds. The Labute approximate surface area is 180 Å². The fraction of sp³-hybridized carbons (Fsp3) is 0.333. The Morgan fingerprint density at radius 3 is 2.61 bits per heavy atom. The molecular formula is C21H19F3N4O2S. The van der Waals surface area contributed by atoms with Gasteiger partial charge >= 0.3 is 12.1 Å². The number of anilines is 2. The quantitative estimate of drug-likeness (QED) is 0.519. The van der Waals surface area contributed by atoms with Crippen molar-refractivity contribution in [2.24, 2.45) is 5.92 Å². The van der Waals surface area contributed by atoms with Crippen molar-refractivity contribution in [3.63, 3.8) is 0 Å². The van der Waals surface area contributed by atoms with Gasteiger partial charge in [-0.3, -0.25) is 4.79 Å². The van der Waals surface area contributed by atoms with Gasteiger partial charge in [0.25, 0.3) is 0 Å². The van der Waals surface area contributed by atoms with Gasteiger partial charge in [0.1, 0.15) is 5.69 Å². The van der Waals surface area contributed by atoms with Crippen LogP contribution in [0.3, 0.4) is 0 Å². The van der Waals surface area contributed by atoms with Crippen molar-refractivity contribution >= 4 is 28.9 Å². The number of halogens is 3. The number of alkyl halides is 3. The average Bonchev–Trinajstić information content (AvgIpc) is 3.24. The van der Waals surface area contributed by atoms with Crippen molar-refractivity contribution in [2.75, 3.05) is 5.32 Å². The molecule has 0 radical (unpaired) electrons. The van der Waals surface area contributed by atoms with Crippen LogP contribution in [0.5, 0.6) is 0 Å². The van der Waals surface area contributed by atoms with Crippen molar-refractivity contribution in [1.29, 1.82) is 0 Å². The van der Waals surface area contributed by atoms with Gasteiger partial charge in [-0.05, 0) is 49.4 Å². The van der Waals surface area contributed by atoms with Crippen LogP contribution in [0.15, 0.2) is 42.7 Å². The third-order valence-corrected chi connectivity index (χ3v) is 6.51. The lowest BCUT2D eigenvalue weighted by Gasteiger charge is -2.24. The molecule has 0 atom stereocenters. The van der Waals surface area contributed by atoms with E-state index in [-0.39, 0.29) is 17.8 Å². The molecule has 3 aromatic rings. The van der Waals surface area contributed by atoms with Crippen LogP contribution in [0.25, 0.3) is 10.4 Å². The minimum atomic E-state index is -4.54. The SMILES string of the molecule is O=C(O)[C@H]1CC[C@H](c2ncc(-c3cccc(Nc4nccc(C(F)(F)F)n4)c3)s2)CC1. The first kappa shape index (κ1) is 21.2. The predicted molar refractivity (Wildman–Crippen MR) is 110 cm³/mol. The Morgan fingerprint density at radius 1 is 1.13 bits per heavy atom. The third-order valence-electron chi connectivity index (χ3n) is 5.30. The summed E-state index contributed by atoms with van der Waals surface area (Å²) in [6.45, 7) is 0. The van der Waals surface area contributed by atoms with E-state index in [0.29, 0.717) is 18.5 Å². The summed E-state index contributed by atoms with van der Waals surface area (Å²) in [5.41, 5.74) is 0.430. The van der Waals surface area contributed by atoms with Crippen molar-refractivity contribution in [3.05, 3.63) is 53.4 Å². The Kier molecular flexibility index (Phi) is 5.90. The van der Waals surface area contributed by atoms with E-state index in [1.54, 1.807) is 29.7 Å². The lowest BCUT2D eigenvalue weighted by atomic mass is 9.82. The molecule has 2 aromatic heterocycles. The molecule has 4 rings (SSSR count). The van der Waals surface area contributed by atoms with E-state index in [2.05, 4.69) is 20.3 Å². The fourth-order valence-electron chi connectivity index (χ4n) is 3.65. The molecule has 0 bridgehead atoms. The monoisotopic (exact) mass is 448 g/mol. The molecule has 10 heteroatoms. The first-order valence-electron chi connectivity index (χ1n) is 9.76. The molecule has 0 spiro atoms. The number of nitrogens with one attached hydrogen (secondary N) is 1. The minimum Gasteiger partial charge on any atom is -0.481 e. The van der Waals surface area contributed by atoms with Gasteiger partial charge in [0.05, 0.1) is 15.8 Å². The number of aromatic nitrogens is 3. The van der Waals surface area contributed by atoms with Crippen LogP contribution in [0, 0.1) is 5.92 Å². The number of hydrogen-bond donors (Lipinski definition) is 2. The molecule has 0 saturated heterocycles. The molecular weight excluding hydrogens is 429 g/mol. The Hall–Kier alpha value is -3.01. The number of carbonyl (C=O) groups is 1. The molecule has 162 valence electrons. The maximum atomic E-state index is 12.9. The van der Waals surface area contributed by atoms with Gasteiger partial charge in [0, 0.05) is 24.0 Å². The van der Waals surface area contributed by atoms with Gasteiger partial charge in [-0.25, -0.2) is 15.0 Å². The summed E-state index contributed by atoms with van der Waals surface area (Å²) < 4.78 is 38.6. The van der Waals surface area contributed by atoms with E-state index < -0.39 is 17.8 Å². The third kappa shape index (κ3) is 5.01. The molecule has 1 aliphatic rings. The van der Waals surface area contributed by atoms with Gasteiger partial charge < -0.3 is 10.4 Å². The number of carboxylic acid groups (broad SMARTS) is 1. The second kappa shape index (κ2) is 8.62. The van der Waals surface area contributed by atoms with Gasteiger partial charge in [-0.15, -0.1) is 11.3 Å². The minimum absolute atomic E-state index is 0.132. The average molecular weight is 448 g/mol. The van der Waals surface area contributed by atoms with Crippen molar-refractivity contribution in [2.45, 2.75) is 37.8 Å². The second-order valence-electron chi connectivity index (χ2n) is 7.42. The lowest BCUT2D eigenvalue weighted by Crippen LogP contribution is -2.20. The summed E-state index contributed by atoms with van der Waals surface area (Å²) in [7, 11) is 0. The lowest BCUT2D eigenvalue weighted by molar-refractivity contribution is -0.143. The number of aliphatic carboxylic acids is 1. The highest BCUT2D eigenvalue weighted by molar-refractivity contribution is 7.15. The highest BCUT2D eigenvalue weighted by Gasteiger charge is 2.33. The largest absolute Gasteiger partial charge is 0.481 e. The van der Waals surface area contributed by atoms with Crippen molar-refractivity contribution in [3.8, 4) is 10.4 Å². The van der Waals surface area contributed by atoms with Crippen LogP contribution in [-0.2, 0) is 11.0 Å². The molecule has 1 aromatic carbocycles. The smallest absolute Gasteiger partial charge is 0.433 e. The molecule has 2 heterocycles. The summed E-state index contributed by atoms with van der Waals surface area (Å²) in [4.78, 5) is 24.0. The molecule has 31 heavy (non-hydrogen) atoms. The molecule has 1 fully saturated rings. The molecule has 0 unspecified atom stereocenters. The van der Waals surface area contributed by atoms with E-state index in [9.17, 15) is 18.0 Å². The highest BCUT2D eigenvalue weighted by atomic mass is 32.1. The first-order chi connectivity index (χ1) is 14.8. The van der Waals surface area contributed by atoms with Gasteiger partial charge in [0.2, 0.25) is 5.95 Å². The summed E-state index contributed by atoms with van der Waals surface area (Å²) >= 11 is 1.56. The van der Waals surface area contributed by atoms with E-state index in [0.717, 1.165) is 40.6 Å². The van der Waals surface area contributed by atoms with Crippen LogP contribution in [0.1, 0.15) is 42.3 Å². The molecule has 2 N–H and O–H groups in total. The fourth-order valence-corrected chi connectivity index (χ4v) is 4.74. The highest BCUT2D eigenvalue weighted by Crippen LogP contribution is 2.39. The summed E-state index contributed by atoms with van der Waals surface area (Å²) in [6, 6.07) is 8.05. The zero-order valence-electron chi connectivity index (χ0n) is 16.3. The van der Waals surface area contributed by atoms with Crippen LogP contribution in [0.4, 0.5) is 24.8 Å². The van der Waals surface area contributed by atoms with Crippen molar-refractivity contribution < 1.29 is 23.1 Å². The summed E-state index contributed by atoms with van der Waals surface area (Å²) in [5.74, 6) is -0.870. The number of thiazole rings is 1. The molecule has 6 nitrogen and oxygen atoms in total. The number of nitrogens with zero attached hydrogens (tertiary/aromatic N) is 3. The number of benzene rings is 1.